The van der Waals surface area contributed by atoms with Crippen LogP contribution in [0.25, 0.3) is 132 Å². The van der Waals surface area contributed by atoms with Crippen LogP contribution in [0.4, 0.5) is 0 Å². The van der Waals surface area contributed by atoms with E-state index in [9.17, 15) is 0 Å². The van der Waals surface area contributed by atoms with E-state index < -0.39 is 0 Å². The molecule has 0 fully saturated rings. The van der Waals surface area contributed by atoms with Crippen molar-refractivity contribution in [2.45, 2.75) is 93.9 Å². The molecule has 0 bridgehead atoms. The van der Waals surface area contributed by atoms with Crippen LogP contribution in [-0.4, -0.2) is 18.3 Å². The topological polar surface area (TPSA) is 19.7 Å². The van der Waals surface area contributed by atoms with E-state index in [-0.39, 0.29) is 10.8 Å². The van der Waals surface area contributed by atoms with Gasteiger partial charge in [0.25, 0.3) is 0 Å². The van der Waals surface area contributed by atoms with Gasteiger partial charge in [0.15, 0.2) is 0 Å². The van der Waals surface area contributed by atoms with Crippen molar-refractivity contribution in [1.82, 2.24) is 18.3 Å². The van der Waals surface area contributed by atoms with Crippen LogP contribution in [0.2, 0.25) is 0 Å². The summed E-state index contributed by atoms with van der Waals surface area (Å²) in [7, 11) is 0. The van der Waals surface area contributed by atoms with E-state index in [0.29, 0.717) is 0 Å². The third-order valence-electron chi connectivity index (χ3n) is 28.6. The Morgan fingerprint density at radius 1 is 0.167 bits per heavy atom. The molecule has 138 heavy (non-hydrogen) atoms. The van der Waals surface area contributed by atoms with Crippen molar-refractivity contribution in [3.05, 3.63) is 572 Å². The number of hydrogen-bond donors (Lipinski definition) is 0. The number of benzene rings is 20. The lowest BCUT2D eigenvalue weighted by molar-refractivity contribution is 0.761. The molecule has 0 spiro atoms. The van der Waals surface area contributed by atoms with Crippen LogP contribution >= 0.6 is 0 Å². The van der Waals surface area contributed by atoms with Gasteiger partial charge in [0, 0.05) is 65.8 Å². The molecule has 4 heterocycles. The van der Waals surface area contributed by atoms with Crippen LogP contribution in [0.5, 0.6) is 0 Å². The molecule has 26 rings (SSSR count). The molecule has 0 unspecified atom stereocenters. The van der Waals surface area contributed by atoms with Gasteiger partial charge in [-0.2, -0.15) is 0 Å². The van der Waals surface area contributed by atoms with E-state index >= 15 is 0 Å². The zero-order valence-electron chi connectivity index (χ0n) is 80.7. The fourth-order valence-electron chi connectivity index (χ4n) is 22.6. The van der Waals surface area contributed by atoms with Gasteiger partial charge in [0.05, 0.1) is 55.0 Å². The minimum absolute atomic E-state index is 0.273. The normalized spacial score (nSPS) is 12.3. The number of para-hydroxylation sites is 5. The SMILES string of the molecule is Cc1ccc(C)c2c1-c1ccccc1C2(c1ccccc1)c1ccccc1.Cc1ccc2c(c1)C(c1ccccc1)(c1ccccc1)c1cccc(C)c1-2.Cc1ccc2c(c1)c1cc(C)ccc1n2-c1ccccc1.Cc1ccc2c3ccc(C)cc3n(-c3ccccc3)c2c1.Cc1cccc2c1c1c(C)cccc1n2-c1ccccc1.Cc1cccc2c1c1cccc(C)c1n2-c1ccccc1. The van der Waals surface area contributed by atoms with Gasteiger partial charge in [0.1, 0.15) is 0 Å². The third kappa shape index (κ3) is 15.4. The molecular formula is C134H112N4. The number of fused-ring (bicyclic) bond motifs is 18. The lowest BCUT2D eigenvalue weighted by Crippen LogP contribution is -2.29. The lowest BCUT2D eigenvalue weighted by atomic mass is 9.66. The summed E-state index contributed by atoms with van der Waals surface area (Å²) < 4.78 is 9.46. The Kier molecular flexibility index (Phi) is 23.7. The molecule has 0 atom stereocenters. The molecule has 0 aliphatic heterocycles. The average molecular weight is 1780 g/mol. The second-order valence-corrected chi connectivity index (χ2v) is 37.6. The van der Waals surface area contributed by atoms with Crippen LogP contribution in [0.15, 0.2) is 461 Å². The molecule has 4 aromatic heterocycles. The van der Waals surface area contributed by atoms with Crippen molar-refractivity contribution in [2.24, 2.45) is 0 Å². The second kappa shape index (κ2) is 37.1. The minimum Gasteiger partial charge on any atom is -0.309 e. The largest absolute Gasteiger partial charge is 0.309 e. The summed E-state index contributed by atoms with van der Waals surface area (Å²) in [6.07, 6.45) is 0. The van der Waals surface area contributed by atoms with Gasteiger partial charge in [-0.15, -0.1) is 0 Å². The Morgan fingerprint density at radius 2 is 0.493 bits per heavy atom. The maximum atomic E-state index is 2.38. The Hall–Kier alpha value is -16.4. The molecule has 2 aliphatic carbocycles. The van der Waals surface area contributed by atoms with Crippen molar-refractivity contribution in [3.8, 4) is 45.0 Å². The first-order chi connectivity index (χ1) is 67.5. The molecule has 0 saturated heterocycles. The Morgan fingerprint density at radius 3 is 0.971 bits per heavy atom. The zero-order valence-corrected chi connectivity index (χ0v) is 80.7. The molecular weight excluding hydrogens is 1670 g/mol. The van der Waals surface area contributed by atoms with Crippen LogP contribution in [0.1, 0.15) is 111 Å². The summed E-state index contributed by atoms with van der Waals surface area (Å²) in [6, 6.07) is 166. The standard InChI is InChI=1S/2C27H22.4C20H17N/c1-19-16-17-23-25(18-19)27(21-11-5-3-6-12-21,22-13-7-4-8-14-22)24-15-9-10-20(2)26(23)24;1-19-17-18-20(2)26-25(19)23-15-9-10-16-24(23)27(26,21-11-5-3-6-12-21)22-13-7-4-8-14-22;1-14-8-7-13-18-19(14)17-12-6-9-15(2)20(17)21(18)16-10-4-3-5-11-16;1-14-8-6-12-17-19(14)20-15(2)9-7-13-18(20)21(17)16-10-4-3-5-11-16;1-14-8-10-19-17(12-14)18-13-15(2)9-11-20(18)21(19)16-6-4-3-5-7-16;1-14-8-10-17-18-11-9-15(2)13-20(18)21(19(17)12-14)16-6-4-3-5-7-16/h2*3-18H,1-2H3;4*3-13H,1-2H3. The molecule has 0 radical (unpaired) electrons. The number of nitrogens with zero attached hydrogens (tertiary/aromatic N) is 4. The van der Waals surface area contributed by atoms with Gasteiger partial charge in [-0.05, 0) is 303 Å². The highest BCUT2D eigenvalue weighted by atomic mass is 15.0. The first kappa shape index (κ1) is 88.2. The first-order valence-electron chi connectivity index (χ1n) is 48.4. The van der Waals surface area contributed by atoms with E-state index in [0.717, 1.165) is 0 Å². The molecule has 20 aromatic carbocycles. The molecule has 2 aliphatic rings. The zero-order chi connectivity index (χ0) is 94.5. The fourth-order valence-corrected chi connectivity index (χ4v) is 22.6. The van der Waals surface area contributed by atoms with Gasteiger partial charge in [-0.1, -0.05) is 375 Å². The minimum atomic E-state index is -0.273. The number of aromatic nitrogens is 4. The van der Waals surface area contributed by atoms with Gasteiger partial charge in [0.2, 0.25) is 0 Å². The van der Waals surface area contributed by atoms with Crippen LogP contribution in [0, 0.1) is 83.1 Å². The van der Waals surface area contributed by atoms with Crippen molar-refractivity contribution >= 4 is 87.2 Å². The van der Waals surface area contributed by atoms with Crippen molar-refractivity contribution in [1.29, 1.82) is 0 Å². The smallest absolute Gasteiger partial charge is 0.0716 e. The van der Waals surface area contributed by atoms with Gasteiger partial charge in [-0.3, -0.25) is 0 Å². The van der Waals surface area contributed by atoms with Crippen LogP contribution < -0.4 is 0 Å². The predicted octanol–water partition coefficient (Wildman–Crippen LogP) is 34.9. The summed E-state index contributed by atoms with van der Waals surface area (Å²) in [5, 5.41) is 10.7. The summed E-state index contributed by atoms with van der Waals surface area (Å²) in [6.45, 7) is 26.3. The Bertz CT molecular complexity index is 8350. The molecule has 4 heteroatoms. The summed E-state index contributed by atoms with van der Waals surface area (Å²) in [4.78, 5) is 0. The molecule has 4 nitrogen and oxygen atoms in total. The molecule has 0 saturated carbocycles. The van der Waals surface area contributed by atoms with Gasteiger partial charge >= 0.3 is 0 Å². The predicted molar refractivity (Wildman–Crippen MR) is 587 cm³/mol. The van der Waals surface area contributed by atoms with Gasteiger partial charge in [-0.25, -0.2) is 0 Å². The van der Waals surface area contributed by atoms with E-state index in [2.05, 4.69) is 562 Å². The Balaban J connectivity index is 0.0000000990. The molecule has 0 amide bonds. The molecule has 24 aromatic rings. The Labute approximate surface area is 811 Å². The highest BCUT2D eigenvalue weighted by molar-refractivity contribution is 6.15. The van der Waals surface area contributed by atoms with Gasteiger partial charge < -0.3 is 18.3 Å². The van der Waals surface area contributed by atoms with Crippen LogP contribution in [-0.2, 0) is 10.8 Å². The van der Waals surface area contributed by atoms with E-state index in [1.54, 1.807) is 0 Å². The fraction of sp³-hybridized carbons (Fsp3) is 0.104. The number of hydrogen-bond acceptors (Lipinski definition) is 0. The maximum absolute atomic E-state index is 2.38. The quantitative estimate of drug-likeness (QED) is 0.144. The van der Waals surface area contributed by atoms with Crippen LogP contribution in [0.3, 0.4) is 0 Å². The number of aryl methyl sites for hydroxylation is 12. The number of rotatable bonds is 8. The van der Waals surface area contributed by atoms with E-state index in [1.165, 1.54) is 243 Å². The molecule has 0 N–H and O–H groups in total. The average Bonchev–Trinajstić information content (AvgIpc) is 1.53. The highest BCUT2D eigenvalue weighted by Gasteiger charge is 2.49. The summed E-state index contributed by atoms with van der Waals surface area (Å²) in [5.74, 6) is 0. The second-order valence-electron chi connectivity index (χ2n) is 37.6. The summed E-state index contributed by atoms with van der Waals surface area (Å²) in [5.41, 5.74) is 46.8. The monoisotopic (exact) mass is 1780 g/mol. The van der Waals surface area contributed by atoms with Crippen molar-refractivity contribution < 1.29 is 0 Å². The van der Waals surface area contributed by atoms with E-state index in [4.69, 9.17) is 0 Å². The van der Waals surface area contributed by atoms with Crippen molar-refractivity contribution in [3.63, 3.8) is 0 Å². The third-order valence-corrected chi connectivity index (χ3v) is 28.6. The van der Waals surface area contributed by atoms with Crippen molar-refractivity contribution in [2.75, 3.05) is 0 Å². The maximum Gasteiger partial charge on any atom is 0.0716 e. The lowest BCUT2D eigenvalue weighted by Gasteiger charge is -2.35. The van der Waals surface area contributed by atoms with E-state index in [1.807, 2.05) is 0 Å². The first-order valence-corrected chi connectivity index (χ1v) is 48.4. The molecule has 668 valence electrons. The highest BCUT2D eigenvalue weighted by Crippen LogP contribution is 2.60. The summed E-state index contributed by atoms with van der Waals surface area (Å²) >= 11 is 0.